The molecule has 2 fully saturated rings. The van der Waals surface area contributed by atoms with Gasteiger partial charge in [-0.05, 0) is 44.1 Å². The van der Waals surface area contributed by atoms with Crippen molar-refractivity contribution in [3.63, 3.8) is 0 Å². The maximum atomic E-state index is 12.2. The summed E-state index contributed by atoms with van der Waals surface area (Å²) >= 11 is 0. The van der Waals surface area contributed by atoms with Crippen LogP contribution in [0.2, 0.25) is 0 Å². The summed E-state index contributed by atoms with van der Waals surface area (Å²) in [5, 5.41) is 2.88. The van der Waals surface area contributed by atoms with Crippen molar-refractivity contribution in [3.8, 4) is 0 Å². The van der Waals surface area contributed by atoms with Crippen molar-refractivity contribution in [2.45, 2.75) is 38.1 Å². The standard InChI is InChI=1S/C15H23N5O/c16-12(11-4-5-11)10-18-14(21)13-6-7-17-15(19-13)20-8-2-1-3-9-20/h6-7,11-12H,1-5,8-10,16H2,(H,18,21). The van der Waals surface area contributed by atoms with E-state index < -0.39 is 0 Å². The molecule has 0 radical (unpaired) electrons. The molecule has 114 valence electrons. The van der Waals surface area contributed by atoms with E-state index in [0.29, 0.717) is 24.1 Å². The third kappa shape index (κ3) is 3.69. The summed E-state index contributed by atoms with van der Waals surface area (Å²) in [5.41, 5.74) is 6.42. The van der Waals surface area contributed by atoms with Gasteiger partial charge in [-0.25, -0.2) is 9.97 Å². The highest BCUT2D eigenvalue weighted by Gasteiger charge is 2.28. The van der Waals surface area contributed by atoms with Gasteiger partial charge in [0, 0.05) is 31.9 Å². The molecule has 3 N–H and O–H groups in total. The van der Waals surface area contributed by atoms with Gasteiger partial charge in [0.25, 0.3) is 5.91 Å². The van der Waals surface area contributed by atoms with E-state index in [4.69, 9.17) is 5.73 Å². The number of hydrogen-bond donors (Lipinski definition) is 2. The molecule has 1 atom stereocenters. The van der Waals surface area contributed by atoms with Crippen LogP contribution in [0, 0.1) is 5.92 Å². The number of carbonyl (C=O) groups excluding carboxylic acids is 1. The normalized spacial score (nSPS) is 20.1. The average molecular weight is 289 g/mol. The first-order chi connectivity index (χ1) is 10.2. The lowest BCUT2D eigenvalue weighted by molar-refractivity contribution is 0.0945. The summed E-state index contributed by atoms with van der Waals surface area (Å²) in [6.45, 7) is 2.46. The van der Waals surface area contributed by atoms with Gasteiger partial charge >= 0.3 is 0 Å². The van der Waals surface area contributed by atoms with E-state index in [1.807, 2.05) is 0 Å². The zero-order valence-electron chi connectivity index (χ0n) is 12.3. The first-order valence-corrected chi connectivity index (χ1v) is 7.86. The van der Waals surface area contributed by atoms with Crippen LogP contribution in [0.15, 0.2) is 12.3 Å². The smallest absolute Gasteiger partial charge is 0.270 e. The number of aromatic nitrogens is 2. The van der Waals surface area contributed by atoms with Crippen LogP contribution in [-0.4, -0.2) is 41.6 Å². The molecule has 0 aromatic carbocycles. The van der Waals surface area contributed by atoms with Gasteiger partial charge < -0.3 is 16.0 Å². The van der Waals surface area contributed by atoms with Crippen molar-refractivity contribution in [3.05, 3.63) is 18.0 Å². The molecule has 6 heteroatoms. The van der Waals surface area contributed by atoms with Crippen LogP contribution in [0.5, 0.6) is 0 Å². The zero-order chi connectivity index (χ0) is 14.7. The van der Waals surface area contributed by atoms with E-state index in [1.165, 1.54) is 19.3 Å². The number of piperidine rings is 1. The van der Waals surface area contributed by atoms with Crippen LogP contribution < -0.4 is 16.0 Å². The number of nitrogens with zero attached hydrogens (tertiary/aromatic N) is 3. The molecule has 2 aliphatic rings. The van der Waals surface area contributed by atoms with Gasteiger partial charge in [0.2, 0.25) is 5.95 Å². The summed E-state index contributed by atoms with van der Waals surface area (Å²) in [5.74, 6) is 1.08. The minimum Gasteiger partial charge on any atom is -0.349 e. The van der Waals surface area contributed by atoms with E-state index in [9.17, 15) is 4.79 Å². The van der Waals surface area contributed by atoms with Gasteiger partial charge in [0.15, 0.2) is 0 Å². The minimum atomic E-state index is -0.160. The Bertz CT molecular complexity index is 497. The third-order valence-electron chi connectivity index (χ3n) is 4.24. The van der Waals surface area contributed by atoms with Crippen LogP contribution in [0.25, 0.3) is 0 Å². The topological polar surface area (TPSA) is 84.1 Å². The molecule has 1 saturated heterocycles. The second kappa shape index (κ2) is 6.39. The van der Waals surface area contributed by atoms with Crippen LogP contribution in [0.1, 0.15) is 42.6 Å². The fraction of sp³-hybridized carbons (Fsp3) is 0.667. The zero-order valence-corrected chi connectivity index (χ0v) is 12.3. The Hall–Kier alpha value is -1.69. The van der Waals surface area contributed by atoms with Gasteiger partial charge in [-0.1, -0.05) is 0 Å². The highest BCUT2D eigenvalue weighted by molar-refractivity contribution is 5.92. The maximum absolute atomic E-state index is 12.2. The molecule has 6 nitrogen and oxygen atoms in total. The SMILES string of the molecule is NC(CNC(=O)c1ccnc(N2CCCCC2)n1)C1CC1. The molecule has 0 bridgehead atoms. The Balaban J connectivity index is 1.59. The fourth-order valence-corrected chi connectivity index (χ4v) is 2.71. The molecule has 1 aliphatic carbocycles. The molecule has 0 spiro atoms. The lowest BCUT2D eigenvalue weighted by Gasteiger charge is -2.26. The summed E-state index contributed by atoms with van der Waals surface area (Å²) in [6, 6.07) is 1.73. The minimum absolute atomic E-state index is 0.0670. The van der Waals surface area contributed by atoms with Gasteiger partial charge in [-0.15, -0.1) is 0 Å². The maximum Gasteiger partial charge on any atom is 0.270 e. The van der Waals surface area contributed by atoms with E-state index >= 15 is 0 Å². The quantitative estimate of drug-likeness (QED) is 0.842. The molecule has 1 unspecified atom stereocenters. The number of amides is 1. The van der Waals surface area contributed by atoms with E-state index in [2.05, 4.69) is 20.2 Å². The highest BCUT2D eigenvalue weighted by atomic mass is 16.1. The van der Waals surface area contributed by atoms with Crippen LogP contribution in [0.3, 0.4) is 0 Å². The van der Waals surface area contributed by atoms with Crippen molar-refractivity contribution in [1.82, 2.24) is 15.3 Å². The fourth-order valence-electron chi connectivity index (χ4n) is 2.71. The molecule has 2 heterocycles. The molecular weight excluding hydrogens is 266 g/mol. The monoisotopic (exact) mass is 289 g/mol. The average Bonchev–Trinajstić information content (AvgIpc) is 3.38. The Morgan fingerprint density at radius 3 is 2.86 bits per heavy atom. The van der Waals surface area contributed by atoms with Gasteiger partial charge in [0.05, 0.1) is 0 Å². The Labute approximate surface area is 125 Å². The van der Waals surface area contributed by atoms with Gasteiger partial charge in [0.1, 0.15) is 5.69 Å². The summed E-state index contributed by atoms with van der Waals surface area (Å²) in [7, 11) is 0. The number of nitrogens with two attached hydrogens (primary N) is 1. The predicted octanol–water partition coefficient (Wildman–Crippen LogP) is 0.934. The van der Waals surface area contributed by atoms with Crippen molar-refractivity contribution in [2.75, 3.05) is 24.5 Å². The van der Waals surface area contributed by atoms with Crippen LogP contribution in [-0.2, 0) is 0 Å². The Morgan fingerprint density at radius 1 is 1.38 bits per heavy atom. The lowest BCUT2D eigenvalue weighted by atomic mass is 10.1. The van der Waals surface area contributed by atoms with Crippen molar-refractivity contribution >= 4 is 11.9 Å². The largest absolute Gasteiger partial charge is 0.349 e. The molecule has 1 saturated carbocycles. The van der Waals surface area contributed by atoms with E-state index in [1.54, 1.807) is 12.3 Å². The Kier molecular flexibility index (Phi) is 4.34. The van der Waals surface area contributed by atoms with Gasteiger partial charge in [-0.3, -0.25) is 4.79 Å². The number of carbonyl (C=O) groups is 1. The third-order valence-corrected chi connectivity index (χ3v) is 4.24. The second-order valence-electron chi connectivity index (χ2n) is 6.00. The molecular formula is C15H23N5O. The number of hydrogen-bond acceptors (Lipinski definition) is 5. The van der Waals surface area contributed by atoms with Crippen molar-refractivity contribution in [2.24, 2.45) is 11.7 Å². The molecule has 3 rings (SSSR count). The first kappa shape index (κ1) is 14.3. The molecule has 1 aromatic heterocycles. The van der Waals surface area contributed by atoms with Gasteiger partial charge in [-0.2, -0.15) is 0 Å². The second-order valence-corrected chi connectivity index (χ2v) is 6.00. The number of nitrogens with one attached hydrogen (secondary N) is 1. The summed E-state index contributed by atoms with van der Waals surface area (Å²) < 4.78 is 0. The lowest BCUT2D eigenvalue weighted by Crippen LogP contribution is -2.39. The Morgan fingerprint density at radius 2 is 2.14 bits per heavy atom. The first-order valence-electron chi connectivity index (χ1n) is 7.86. The molecule has 1 amide bonds. The van der Waals surface area contributed by atoms with Crippen molar-refractivity contribution in [1.29, 1.82) is 0 Å². The number of rotatable bonds is 5. The van der Waals surface area contributed by atoms with Crippen LogP contribution in [0.4, 0.5) is 5.95 Å². The van der Waals surface area contributed by atoms with E-state index in [0.717, 1.165) is 25.9 Å². The number of anilines is 1. The molecule has 21 heavy (non-hydrogen) atoms. The predicted molar refractivity (Wildman–Crippen MR) is 81.1 cm³/mol. The molecule has 1 aliphatic heterocycles. The summed E-state index contributed by atoms with van der Waals surface area (Å²) in [4.78, 5) is 23.0. The van der Waals surface area contributed by atoms with E-state index in [-0.39, 0.29) is 11.9 Å². The van der Waals surface area contributed by atoms with Crippen molar-refractivity contribution < 1.29 is 4.79 Å². The highest BCUT2D eigenvalue weighted by Crippen LogP contribution is 2.31. The molecule has 1 aromatic rings. The van der Waals surface area contributed by atoms with Crippen LogP contribution >= 0.6 is 0 Å². The summed E-state index contributed by atoms with van der Waals surface area (Å²) in [6.07, 6.45) is 7.61.